The van der Waals surface area contributed by atoms with Crippen molar-refractivity contribution in [3.63, 3.8) is 0 Å². The summed E-state index contributed by atoms with van der Waals surface area (Å²) >= 11 is 0. The number of para-hydroxylation sites is 1. The first-order valence-electron chi connectivity index (χ1n) is 7.64. The number of hydrogen-bond donors (Lipinski definition) is 1. The van der Waals surface area contributed by atoms with Crippen LogP contribution in [0.1, 0.15) is 36.0 Å². The Bertz CT molecular complexity index is 723. The Balaban J connectivity index is 1.67. The Morgan fingerprint density at radius 3 is 2.62 bits per heavy atom. The monoisotopic (exact) mass is 282 g/mol. The zero-order valence-electron chi connectivity index (χ0n) is 11.8. The van der Waals surface area contributed by atoms with Crippen LogP contribution >= 0.6 is 0 Å². The predicted octanol–water partition coefficient (Wildman–Crippen LogP) is 2.51. The largest absolute Gasteiger partial charge is 0.352 e. The van der Waals surface area contributed by atoms with E-state index in [4.69, 9.17) is 0 Å². The van der Waals surface area contributed by atoms with Gasteiger partial charge in [0, 0.05) is 34.6 Å². The second-order valence-corrected chi connectivity index (χ2v) is 6.17. The fraction of sp³-hybridized carbons (Fsp3) is 0.412. The third-order valence-corrected chi connectivity index (χ3v) is 4.26. The Kier molecular flexibility index (Phi) is 2.84. The molecular formula is C17H18N2O2. The molecule has 0 spiro atoms. The molecule has 0 bridgehead atoms. The summed E-state index contributed by atoms with van der Waals surface area (Å²) in [6.45, 7) is 0.287. The fourth-order valence-corrected chi connectivity index (χ4v) is 2.80. The third kappa shape index (κ3) is 2.46. The Labute approximate surface area is 123 Å². The maximum atomic E-state index is 12.4. The predicted molar refractivity (Wildman–Crippen MR) is 80.2 cm³/mol. The van der Waals surface area contributed by atoms with Crippen LogP contribution in [0.5, 0.6) is 0 Å². The van der Waals surface area contributed by atoms with Gasteiger partial charge in [0.15, 0.2) is 5.78 Å². The van der Waals surface area contributed by atoms with Gasteiger partial charge in [-0.2, -0.15) is 0 Å². The van der Waals surface area contributed by atoms with Gasteiger partial charge in [0.05, 0.1) is 0 Å². The number of Topliss-reactive ketones (excluding diaryl/α,β-unsaturated/α-hetero) is 1. The zero-order chi connectivity index (χ0) is 14.4. The third-order valence-electron chi connectivity index (χ3n) is 4.26. The van der Waals surface area contributed by atoms with Crippen molar-refractivity contribution in [1.29, 1.82) is 0 Å². The summed E-state index contributed by atoms with van der Waals surface area (Å²) in [6.07, 6.45) is 6.03. The first-order chi connectivity index (χ1) is 10.2. The summed E-state index contributed by atoms with van der Waals surface area (Å²) in [5.41, 5.74) is 1.74. The number of amides is 1. The number of nitrogens with zero attached hydrogens (tertiary/aromatic N) is 1. The average Bonchev–Trinajstić information content (AvgIpc) is 3.37. The molecule has 4 nitrogen and oxygen atoms in total. The van der Waals surface area contributed by atoms with Gasteiger partial charge >= 0.3 is 0 Å². The van der Waals surface area contributed by atoms with E-state index in [2.05, 4.69) is 5.32 Å². The first kappa shape index (κ1) is 12.6. The van der Waals surface area contributed by atoms with Gasteiger partial charge in [-0.1, -0.05) is 18.2 Å². The highest BCUT2D eigenvalue weighted by Gasteiger charge is 2.32. The maximum Gasteiger partial charge on any atom is 0.240 e. The van der Waals surface area contributed by atoms with Gasteiger partial charge in [-0.25, -0.2) is 0 Å². The molecule has 1 N–H and O–H groups in total. The summed E-state index contributed by atoms with van der Waals surface area (Å²) in [5, 5.41) is 3.96. The van der Waals surface area contributed by atoms with Gasteiger partial charge < -0.3 is 9.88 Å². The van der Waals surface area contributed by atoms with E-state index in [0.717, 1.165) is 42.1 Å². The van der Waals surface area contributed by atoms with Crippen molar-refractivity contribution in [3.8, 4) is 0 Å². The first-order valence-corrected chi connectivity index (χ1v) is 7.64. The van der Waals surface area contributed by atoms with Crippen molar-refractivity contribution in [2.45, 2.75) is 38.3 Å². The normalized spacial score (nSPS) is 17.9. The van der Waals surface area contributed by atoms with Crippen LogP contribution in [0, 0.1) is 5.92 Å². The summed E-state index contributed by atoms with van der Waals surface area (Å²) in [7, 11) is 0. The SMILES string of the molecule is O=C(Cn1cc(C(=O)C2CC2)c2ccccc21)NC1CC1. The molecule has 0 saturated heterocycles. The van der Waals surface area contributed by atoms with Gasteiger partial charge in [0.25, 0.3) is 0 Å². The highest BCUT2D eigenvalue weighted by Crippen LogP contribution is 2.35. The molecule has 2 aromatic rings. The van der Waals surface area contributed by atoms with Crippen LogP contribution in [0.4, 0.5) is 0 Å². The van der Waals surface area contributed by atoms with Crippen molar-refractivity contribution in [1.82, 2.24) is 9.88 Å². The van der Waals surface area contributed by atoms with Gasteiger partial charge in [-0.05, 0) is 31.7 Å². The molecule has 108 valence electrons. The molecule has 4 heteroatoms. The van der Waals surface area contributed by atoms with Crippen LogP contribution in [-0.4, -0.2) is 22.3 Å². The van der Waals surface area contributed by atoms with E-state index in [1.54, 1.807) is 0 Å². The summed E-state index contributed by atoms with van der Waals surface area (Å²) < 4.78 is 1.91. The standard InChI is InChI=1S/C17H18N2O2/c20-16(18-12-7-8-12)10-19-9-14(17(21)11-5-6-11)13-3-1-2-4-15(13)19/h1-4,9,11-12H,5-8,10H2,(H,18,20). The van der Waals surface area contributed by atoms with Crippen molar-refractivity contribution >= 4 is 22.6 Å². The number of aromatic nitrogens is 1. The van der Waals surface area contributed by atoms with Crippen molar-refractivity contribution < 1.29 is 9.59 Å². The molecule has 0 radical (unpaired) electrons. The summed E-state index contributed by atoms with van der Waals surface area (Å²) in [5.74, 6) is 0.459. The lowest BCUT2D eigenvalue weighted by atomic mass is 10.1. The van der Waals surface area contributed by atoms with Gasteiger partial charge in [0.1, 0.15) is 6.54 Å². The number of fused-ring (bicyclic) bond motifs is 1. The topological polar surface area (TPSA) is 51.1 Å². The minimum Gasteiger partial charge on any atom is -0.352 e. The second-order valence-electron chi connectivity index (χ2n) is 6.17. The number of carbonyl (C=O) groups excluding carboxylic acids is 2. The molecule has 2 saturated carbocycles. The lowest BCUT2D eigenvalue weighted by Crippen LogP contribution is -2.29. The Morgan fingerprint density at radius 2 is 1.90 bits per heavy atom. The molecule has 1 aromatic carbocycles. The summed E-state index contributed by atoms with van der Waals surface area (Å²) in [6, 6.07) is 8.21. The van der Waals surface area contributed by atoms with Crippen LogP contribution in [0.3, 0.4) is 0 Å². The molecule has 1 aromatic heterocycles. The maximum absolute atomic E-state index is 12.4. The summed E-state index contributed by atoms with van der Waals surface area (Å²) in [4.78, 5) is 24.4. The van der Waals surface area contributed by atoms with Gasteiger partial charge in [-0.3, -0.25) is 9.59 Å². The molecule has 21 heavy (non-hydrogen) atoms. The number of hydrogen-bond acceptors (Lipinski definition) is 2. The van der Waals surface area contributed by atoms with Crippen LogP contribution in [0.2, 0.25) is 0 Å². The molecule has 0 atom stereocenters. The van der Waals surface area contributed by atoms with E-state index < -0.39 is 0 Å². The Morgan fingerprint density at radius 1 is 1.14 bits per heavy atom. The molecule has 1 amide bonds. The number of benzene rings is 1. The number of carbonyl (C=O) groups is 2. The minimum atomic E-state index is 0.0312. The van der Waals surface area contributed by atoms with E-state index in [1.807, 2.05) is 35.0 Å². The van der Waals surface area contributed by atoms with E-state index in [9.17, 15) is 9.59 Å². The quantitative estimate of drug-likeness (QED) is 0.857. The zero-order valence-corrected chi connectivity index (χ0v) is 11.8. The van der Waals surface area contributed by atoms with Crippen molar-refractivity contribution in [2.75, 3.05) is 0 Å². The molecule has 0 aliphatic heterocycles. The molecule has 2 aliphatic rings. The van der Waals surface area contributed by atoms with E-state index in [1.165, 1.54) is 0 Å². The van der Waals surface area contributed by atoms with Crippen molar-refractivity contribution in [3.05, 3.63) is 36.0 Å². The van der Waals surface area contributed by atoms with E-state index in [0.29, 0.717) is 6.04 Å². The molecular weight excluding hydrogens is 264 g/mol. The van der Waals surface area contributed by atoms with Gasteiger partial charge in [-0.15, -0.1) is 0 Å². The molecule has 1 heterocycles. The van der Waals surface area contributed by atoms with Crippen LogP contribution in [0.25, 0.3) is 10.9 Å². The minimum absolute atomic E-state index is 0.0312. The van der Waals surface area contributed by atoms with Crippen LogP contribution < -0.4 is 5.32 Å². The Hall–Kier alpha value is -2.10. The van der Waals surface area contributed by atoms with Gasteiger partial charge in [0.2, 0.25) is 5.91 Å². The average molecular weight is 282 g/mol. The van der Waals surface area contributed by atoms with E-state index in [-0.39, 0.29) is 24.2 Å². The highest BCUT2D eigenvalue weighted by atomic mass is 16.2. The molecule has 2 aliphatic carbocycles. The fourth-order valence-electron chi connectivity index (χ4n) is 2.80. The lowest BCUT2D eigenvalue weighted by molar-refractivity contribution is -0.121. The van der Waals surface area contributed by atoms with Crippen LogP contribution in [-0.2, 0) is 11.3 Å². The van der Waals surface area contributed by atoms with Crippen molar-refractivity contribution in [2.24, 2.45) is 5.92 Å². The molecule has 0 unspecified atom stereocenters. The highest BCUT2D eigenvalue weighted by molar-refractivity contribution is 6.10. The lowest BCUT2D eigenvalue weighted by Gasteiger charge is -2.05. The van der Waals surface area contributed by atoms with Crippen LogP contribution in [0.15, 0.2) is 30.5 Å². The van der Waals surface area contributed by atoms with E-state index >= 15 is 0 Å². The smallest absolute Gasteiger partial charge is 0.240 e. The number of ketones is 1. The second kappa shape index (κ2) is 4.72. The number of rotatable bonds is 5. The molecule has 2 fully saturated rings. The molecule has 4 rings (SSSR count). The number of nitrogens with one attached hydrogen (secondary N) is 1.